The van der Waals surface area contributed by atoms with E-state index in [4.69, 9.17) is 17.3 Å². The van der Waals surface area contributed by atoms with Crippen LogP contribution in [0.25, 0.3) is 0 Å². The summed E-state index contributed by atoms with van der Waals surface area (Å²) >= 11 is 6.03. The van der Waals surface area contributed by atoms with E-state index in [9.17, 15) is 0 Å². The van der Waals surface area contributed by atoms with Crippen LogP contribution in [-0.4, -0.2) is 17.5 Å². The number of anilines is 1. The van der Waals surface area contributed by atoms with Crippen LogP contribution in [0.15, 0.2) is 18.2 Å². The van der Waals surface area contributed by atoms with E-state index in [0.29, 0.717) is 6.04 Å². The van der Waals surface area contributed by atoms with Gasteiger partial charge in [0.05, 0.1) is 0 Å². The first-order valence-corrected chi connectivity index (χ1v) is 6.71. The molecule has 1 aromatic carbocycles. The zero-order chi connectivity index (χ0) is 12.4. The lowest BCUT2D eigenvalue weighted by molar-refractivity contribution is 0.204. The molecule has 2 nitrogen and oxygen atoms in total. The van der Waals surface area contributed by atoms with Crippen LogP contribution in [0.5, 0.6) is 0 Å². The van der Waals surface area contributed by atoms with Crippen molar-refractivity contribution in [3.63, 3.8) is 0 Å². The third-order valence-electron chi connectivity index (χ3n) is 3.29. The minimum Gasteiger partial charge on any atom is -0.399 e. The van der Waals surface area contributed by atoms with Crippen molar-refractivity contribution < 1.29 is 0 Å². The highest BCUT2D eigenvalue weighted by Gasteiger charge is 2.25. The SMILES string of the molecule is CC(C)N(Cc1cc(N)cc(Cl)c1)CC1CC1. The van der Waals surface area contributed by atoms with E-state index in [2.05, 4.69) is 18.7 Å². The Bertz CT molecular complexity index is 366. The van der Waals surface area contributed by atoms with E-state index >= 15 is 0 Å². The largest absolute Gasteiger partial charge is 0.399 e. The first-order valence-electron chi connectivity index (χ1n) is 6.33. The molecule has 0 bridgehead atoms. The van der Waals surface area contributed by atoms with Crippen LogP contribution in [-0.2, 0) is 6.54 Å². The molecular formula is C14H21ClN2. The minimum atomic E-state index is 0.566. The van der Waals surface area contributed by atoms with Crippen molar-refractivity contribution >= 4 is 17.3 Å². The summed E-state index contributed by atoms with van der Waals surface area (Å²) < 4.78 is 0. The first kappa shape index (κ1) is 12.7. The predicted molar refractivity (Wildman–Crippen MR) is 74.1 cm³/mol. The zero-order valence-corrected chi connectivity index (χ0v) is 11.4. The molecule has 0 radical (unpaired) electrons. The maximum atomic E-state index is 6.03. The number of hydrogen-bond acceptors (Lipinski definition) is 2. The van der Waals surface area contributed by atoms with Gasteiger partial charge in [-0.1, -0.05) is 11.6 Å². The summed E-state index contributed by atoms with van der Waals surface area (Å²) in [6.45, 7) is 6.63. The van der Waals surface area contributed by atoms with E-state index in [0.717, 1.165) is 23.2 Å². The van der Waals surface area contributed by atoms with Gasteiger partial charge < -0.3 is 5.73 Å². The van der Waals surface area contributed by atoms with Crippen LogP contribution in [0.4, 0.5) is 5.69 Å². The van der Waals surface area contributed by atoms with Crippen molar-refractivity contribution in [2.45, 2.75) is 39.3 Å². The third-order valence-corrected chi connectivity index (χ3v) is 3.50. The van der Waals surface area contributed by atoms with Gasteiger partial charge in [0.1, 0.15) is 0 Å². The van der Waals surface area contributed by atoms with Gasteiger partial charge in [-0.15, -0.1) is 0 Å². The van der Waals surface area contributed by atoms with Crippen molar-refractivity contribution in [1.29, 1.82) is 0 Å². The Morgan fingerprint density at radius 1 is 1.35 bits per heavy atom. The van der Waals surface area contributed by atoms with Crippen molar-refractivity contribution in [2.24, 2.45) is 5.92 Å². The van der Waals surface area contributed by atoms with Gasteiger partial charge in [-0.2, -0.15) is 0 Å². The first-order chi connectivity index (χ1) is 8.04. The summed E-state index contributed by atoms with van der Waals surface area (Å²) in [7, 11) is 0. The minimum absolute atomic E-state index is 0.566. The molecule has 2 rings (SSSR count). The fraction of sp³-hybridized carbons (Fsp3) is 0.571. The second-order valence-electron chi connectivity index (χ2n) is 5.36. The van der Waals surface area contributed by atoms with Gasteiger partial charge >= 0.3 is 0 Å². The van der Waals surface area contributed by atoms with Gasteiger partial charge in [0, 0.05) is 29.8 Å². The van der Waals surface area contributed by atoms with Gasteiger partial charge in [-0.3, -0.25) is 4.90 Å². The second kappa shape index (κ2) is 5.28. The zero-order valence-electron chi connectivity index (χ0n) is 10.6. The van der Waals surface area contributed by atoms with Crippen molar-refractivity contribution in [3.8, 4) is 0 Å². The van der Waals surface area contributed by atoms with Gasteiger partial charge in [0.15, 0.2) is 0 Å². The number of nitrogen functional groups attached to an aromatic ring is 1. The number of benzene rings is 1. The molecule has 0 aromatic heterocycles. The standard InChI is InChI=1S/C14H21ClN2/c1-10(2)17(8-11-3-4-11)9-12-5-13(15)7-14(16)6-12/h5-7,10-11H,3-4,8-9,16H2,1-2H3. The smallest absolute Gasteiger partial charge is 0.0429 e. The quantitative estimate of drug-likeness (QED) is 0.813. The number of halogens is 1. The lowest BCUT2D eigenvalue weighted by Crippen LogP contribution is -2.32. The molecule has 3 heteroatoms. The van der Waals surface area contributed by atoms with Crippen LogP contribution >= 0.6 is 11.6 Å². The molecule has 2 N–H and O–H groups in total. The molecule has 0 atom stereocenters. The van der Waals surface area contributed by atoms with E-state index < -0.39 is 0 Å². The summed E-state index contributed by atoms with van der Waals surface area (Å²) in [5.41, 5.74) is 7.79. The predicted octanol–water partition coefficient (Wildman–Crippen LogP) is 3.54. The summed E-state index contributed by atoms with van der Waals surface area (Å²) in [6.07, 6.45) is 2.78. The van der Waals surface area contributed by atoms with E-state index in [1.807, 2.05) is 12.1 Å². The van der Waals surface area contributed by atoms with E-state index in [1.54, 1.807) is 6.07 Å². The number of hydrogen-bond donors (Lipinski definition) is 1. The molecule has 1 aliphatic carbocycles. The third kappa shape index (κ3) is 3.90. The monoisotopic (exact) mass is 252 g/mol. The van der Waals surface area contributed by atoms with Gasteiger partial charge in [0.2, 0.25) is 0 Å². The molecular weight excluding hydrogens is 232 g/mol. The molecule has 0 spiro atoms. The van der Waals surface area contributed by atoms with Crippen molar-refractivity contribution in [2.75, 3.05) is 12.3 Å². The number of nitrogens with zero attached hydrogens (tertiary/aromatic N) is 1. The Balaban J connectivity index is 2.04. The highest BCUT2D eigenvalue weighted by molar-refractivity contribution is 6.30. The van der Waals surface area contributed by atoms with E-state index in [-0.39, 0.29) is 0 Å². The molecule has 1 saturated carbocycles. The molecule has 1 aromatic rings. The normalized spacial score (nSPS) is 15.8. The summed E-state index contributed by atoms with van der Waals surface area (Å²) in [6, 6.07) is 6.40. The Kier molecular flexibility index (Phi) is 3.95. The number of rotatable bonds is 5. The highest BCUT2D eigenvalue weighted by Crippen LogP contribution is 2.31. The molecule has 1 fully saturated rings. The molecule has 1 aliphatic rings. The fourth-order valence-electron chi connectivity index (χ4n) is 2.09. The summed E-state index contributed by atoms with van der Waals surface area (Å²) in [5.74, 6) is 0.911. The van der Waals surface area contributed by atoms with Crippen LogP contribution in [0.1, 0.15) is 32.3 Å². The average molecular weight is 253 g/mol. The molecule has 0 heterocycles. The molecule has 17 heavy (non-hydrogen) atoms. The van der Waals surface area contributed by atoms with Crippen LogP contribution < -0.4 is 5.73 Å². The second-order valence-corrected chi connectivity index (χ2v) is 5.80. The lowest BCUT2D eigenvalue weighted by atomic mass is 10.1. The lowest BCUT2D eigenvalue weighted by Gasteiger charge is -2.26. The molecule has 0 unspecified atom stereocenters. The van der Waals surface area contributed by atoms with Crippen LogP contribution in [0.3, 0.4) is 0 Å². The Morgan fingerprint density at radius 2 is 2.06 bits per heavy atom. The Labute approximate surface area is 109 Å². The average Bonchev–Trinajstić information content (AvgIpc) is 2.98. The topological polar surface area (TPSA) is 29.3 Å². The van der Waals surface area contributed by atoms with Crippen LogP contribution in [0.2, 0.25) is 5.02 Å². The van der Waals surface area contributed by atoms with Gasteiger partial charge in [-0.05, 0) is 56.4 Å². The Hall–Kier alpha value is -0.730. The van der Waals surface area contributed by atoms with Gasteiger partial charge in [-0.25, -0.2) is 0 Å². The van der Waals surface area contributed by atoms with Crippen molar-refractivity contribution in [3.05, 3.63) is 28.8 Å². The maximum absolute atomic E-state index is 6.03. The molecule has 0 aliphatic heterocycles. The van der Waals surface area contributed by atoms with E-state index in [1.165, 1.54) is 24.9 Å². The van der Waals surface area contributed by atoms with Gasteiger partial charge in [0.25, 0.3) is 0 Å². The highest BCUT2D eigenvalue weighted by atomic mass is 35.5. The van der Waals surface area contributed by atoms with Crippen LogP contribution in [0, 0.1) is 5.92 Å². The molecule has 0 amide bonds. The summed E-state index contributed by atoms with van der Waals surface area (Å²) in [5, 5.41) is 0.732. The fourth-order valence-corrected chi connectivity index (χ4v) is 2.36. The van der Waals surface area contributed by atoms with Crippen molar-refractivity contribution in [1.82, 2.24) is 4.90 Å². The Morgan fingerprint density at radius 3 is 2.59 bits per heavy atom. The maximum Gasteiger partial charge on any atom is 0.0429 e. The number of nitrogens with two attached hydrogens (primary N) is 1. The summed E-state index contributed by atoms with van der Waals surface area (Å²) in [4.78, 5) is 2.50. The molecule has 0 saturated heterocycles. The molecule has 94 valence electrons.